The van der Waals surface area contributed by atoms with E-state index in [1.54, 1.807) is 17.8 Å². The minimum atomic E-state index is -0.667. The fourth-order valence-electron chi connectivity index (χ4n) is 2.31. The van der Waals surface area contributed by atoms with E-state index in [-0.39, 0.29) is 22.1 Å². The summed E-state index contributed by atoms with van der Waals surface area (Å²) in [5.41, 5.74) is 1.18. The van der Waals surface area contributed by atoms with Crippen molar-refractivity contribution in [2.45, 2.75) is 6.92 Å². The molecule has 0 N–H and O–H groups in total. The summed E-state index contributed by atoms with van der Waals surface area (Å²) in [6.45, 7) is 1.85. The molecule has 3 rings (SSSR count). The molecule has 0 saturated heterocycles. The van der Waals surface area contributed by atoms with Crippen LogP contribution in [-0.4, -0.2) is 19.7 Å². The topological polar surface area (TPSA) is 43.6 Å². The lowest BCUT2D eigenvalue weighted by atomic mass is 10.1. The first-order chi connectivity index (χ1) is 10.5. The Bertz CT molecular complexity index is 902. The fraction of sp³-hybridized carbons (Fsp3) is 0.133. The number of rotatable bonds is 2. The maximum Gasteiger partial charge on any atom is 0.223 e. The van der Waals surface area contributed by atoms with Gasteiger partial charge in [0.2, 0.25) is 5.28 Å². The fourth-order valence-corrected chi connectivity index (χ4v) is 2.45. The van der Waals surface area contributed by atoms with Gasteiger partial charge in [0.25, 0.3) is 0 Å². The van der Waals surface area contributed by atoms with E-state index < -0.39 is 11.6 Å². The number of aryl methyl sites for hydroxylation is 1. The lowest BCUT2D eigenvalue weighted by Gasteiger charge is -2.04. The first-order valence-electron chi connectivity index (χ1n) is 6.48. The second-order valence-corrected chi connectivity index (χ2v) is 5.04. The minimum Gasteiger partial charge on any atom is -0.267 e. The molecule has 0 amide bonds. The van der Waals surface area contributed by atoms with Crippen LogP contribution in [0, 0.1) is 11.6 Å². The second kappa shape index (κ2) is 5.46. The summed E-state index contributed by atoms with van der Waals surface area (Å²) in [4.78, 5) is 7.40. The van der Waals surface area contributed by atoms with Crippen molar-refractivity contribution in [1.82, 2.24) is 19.7 Å². The summed E-state index contributed by atoms with van der Waals surface area (Å²) in [5, 5.41) is 4.62. The number of benzene rings is 1. The Morgan fingerprint density at radius 1 is 1.23 bits per heavy atom. The van der Waals surface area contributed by atoms with Crippen molar-refractivity contribution >= 4 is 28.6 Å². The molecule has 4 nitrogen and oxygen atoms in total. The van der Waals surface area contributed by atoms with Crippen LogP contribution in [0.3, 0.4) is 0 Å². The lowest BCUT2D eigenvalue weighted by molar-refractivity contribution is 0.616. The molecule has 2 aromatic heterocycles. The molecule has 0 radical (unpaired) electrons. The molecule has 112 valence electrons. The number of allylic oxidation sites excluding steroid dienone is 1. The Morgan fingerprint density at radius 2 is 2.00 bits per heavy atom. The smallest absolute Gasteiger partial charge is 0.223 e. The van der Waals surface area contributed by atoms with Gasteiger partial charge in [-0.2, -0.15) is 5.10 Å². The summed E-state index contributed by atoms with van der Waals surface area (Å²) < 4.78 is 29.8. The van der Waals surface area contributed by atoms with Crippen LogP contribution in [0.25, 0.3) is 28.2 Å². The highest BCUT2D eigenvalue weighted by atomic mass is 35.5. The summed E-state index contributed by atoms with van der Waals surface area (Å²) in [6.07, 6.45) is 4.59. The molecule has 0 atom stereocenters. The van der Waals surface area contributed by atoms with Crippen molar-refractivity contribution in [3.8, 4) is 11.3 Å². The molecule has 3 aromatic rings. The molecule has 22 heavy (non-hydrogen) atoms. The van der Waals surface area contributed by atoms with Gasteiger partial charge in [0.1, 0.15) is 11.2 Å². The van der Waals surface area contributed by atoms with Crippen molar-refractivity contribution in [1.29, 1.82) is 0 Å². The first-order valence-corrected chi connectivity index (χ1v) is 6.86. The van der Waals surface area contributed by atoms with Crippen molar-refractivity contribution < 1.29 is 8.78 Å². The zero-order chi connectivity index (χ0) is 15.9. The molecule has 0 fully saturated rings. The number of hydrogen-bond donors (Lipinski definition) is 0. The monoisotopic (exact) mass is 320 g/mol. The molecular formula is C15H11ClF2N4. The Labute approximate surface area is 130 Å². The van der Waals surface area contributed by atoms with Crippen molar-refractivity contribution in [2.24, 2.45) is 7.05 Å². The van der Waals surface area contributed by atoms with E-state index in [0.717, 1.165) is 11.9 Å². The van der Waals surface area contributed by atoms with E-state index >= 15 is 0 Å². The summed E-state index contributed by atoms with van der Waals surface area (Å²) in [6, 6.07) is 2.83. The highest BCUT2D eigenvalue weighted by Gasteiger charge is 2.16. The van der Waals surface area contributed by atoms with Gasteiger partial charge in [0.05, 0.1) is 11.9 Å². The lowest BCUT2D eigenvalue weighted by Crippen LogP contribution is -1.93. The third kappa shape index (κ3) is 2.35. The number of fused-ring (bicyclic) bond motifs is 1. The van der Waals surface area contributed by atoms with Gasteiger partial charge in [-0.3, -0.25) is 4.68 Å². The van der Waals surface area contributed by atoms with Crippen LogP contribution in [0.2, 0.25) is 5.28 Å². The number of nitrogens with zero attached hydrogens (tertiary/aromatic N) is 4. The summed E-state index contributed by atoms with van der Waals surface area (Å²) in [5.74, 6) is -1.22. The highest BCUT2D eigenvalue weighted by molar-refractivity contribution is 6.28. The predicted molar refractivity (Wildman–Crippen MR) is 81.4 cm³/mol. The molecule has 0 saturated carbocycles. The van der Waals surface area contributed by atoms with Crippen LogP contribution in [0.15, 0.2) is 24.4 Å². The van der Waals surface area contributed by atoms with Crippen LogP contribution in [0.4, 0.5) is 8.78 Å². The standard InChI is InChI=1S/C15H11ClF2N4/c1-3-4-12-9-5-8(6-10(17)14(9)21-22(12)2)13-11(18)7-19-15(16)20-13/h3-7H,1-2H3/b4-3+. The second-order valence-electron chi connectivity index (χ2n) is 4.70. The first kappa shape index (κ1) is 14.6. The van der Waals surface area contributed by atoms with Crippen molar-refractivity contribution in [3.05, 3.63) is 47.0 Å². The SMILES string of the molecule is C/C=C/c1c2cc(-c3nc(Cl)ncc3F)cc(F)c2nn1C. The van der Waals surface area contributed by atoms with Crippen molar-refractivity contribution in [3.63, 3.8) is 0 Å². The molecule has 2 heterocycles. The van der Waals surface area contributed by atoms with Gasteiger partial charge >= 0.3 is 0 Å². The zero-order valence-corrected chi connectivity index (χ0v) is 12.6. The van der Waals surface area contributed by atoms with E-state index in [1.807, 2.05) is 19.1 Å². The average molecular weight is 321 g/mol. The molecule has 0 unspecified atom stereocenters. The van der Waals surface area contributed by atoms with E-state index in [0.29, 0.717) is 5.39 Å². The summed E-state index contributed by atoms with van der Waals surface area (Å²) in [7, 11) is 1.72. The zero-order valence-electron chi connectivity index (χ0n) is 11.8. The minimum absolute atomic E-state index is 0.0453. The largest absolute Gasteiger partial charge is 0.267 e. The van der Waals surface area contributed by atoms with Gasteiger partial charge in [0, 0.05) is 18.0 Å². The van der Waals surface area contributed by atoms with E-state index in [1.165, 1.54) is 6.07 Å². The number of aromatic nitrogens is 4. The van der Waals surface area contributed by atoms with E-state index in [9.17, 15) is 8.78 Å². The quantitative estimate of drug-likeness (QED) is 0.670. The van der Waals surface area contributed by atoms with Gasteiger partial charge in [-0.1, -0.05) is 6.08 Å². The molecule has 0 bridgehead atoms. The highest BCUT2D eigenvalue weighted by Crippen LogP contribution is 2.29. The molecule has 1 aromatic carbocycles. The van der Waals surface area contributed by atoms with Crippen LogP contribution in [-0.2, 0) is 7.05 Å². The maximum absolute atomic E-state index is 14.3. The van der Waals surface area contributed by atoms with Gasteiger partial charge < -0.3 is 0 Å². The van der Waals surface area contributed by atoms with Gasteiger partial charge in [-0.15, -0.1) is 0 Å². The maximum atomic E-state index is 14.3. The molecular weight excluding hydrogens is 310 g/mol. The summed E-state index contributed by atoms with van der Waals surface area (Å²) >= 11 is 5.70. The van der Waals surface area contributed by atoms with Crippen LogP contribution < -0.4 is 0 Å². The normalized spacial score (nSPS) is 11.7. The third-order valence-corrected chi connectivity index (χ3v) is 3.43. The van der Waals surface area contributed by atoms with Crippen molar-refractivity contribution in [2.75, 3.05) is 0 Å². The Kier molecular flexibility index (Phi) is 3.62. The predicted octanol–water partition coefficient (Wildman–Crippen LogP) is 4.00. The molecule has 0 aliphatic carbocycles. The molecule has 7 heteroatoms. The Morgan fingerprint density at radius 3 is 2.73 bits per heavy atom. The van der Waals surface area contributed by atoms with Crippen LogP contribution in [0.5, 0.6) is 0 Å². The Balaban J connectivity index is 2.32. The number of hydrogen-bond acceptors (Lipinski definition) is 3. The number of halogens is 3. The molecule has 0 spiro atoms. The Hall–Kier alpha value is -2.34. The van der Waals surface area contributed by atoms with Crippen LogP contribution >= 0.6 is 11.6 Å². The van der Waals surface area contributed by atoms with E-state index in [4.69, 9.17) is 11.6 Å². The third-order valence-electron chi connectivity index (χ3n) is 3.25. The molecule has 0 aliphatic heterocycles. The van der Waals surface area contributed by atoms with Gasteiger partial charge in [-0.05, 0) is 36.7 Å². The van der Waals surface area contributed by atoms with Gasteiger partial charge in [0.15, 0.2) is 11.6 Å². The van der Waals surface area contributed by atoms with E-state index in [2.05, 4.69) is 15.1 Å². The van der Waals surface area contributed by atoms with Crippen LogP contribution in [0.1, 0.15) is 12.6 Å². The van der Waals surface area contributed by atoms with Gasteiger partial charge in [-0.25, -0.2) is 18.7 Å². The average Bonchev–Trinajstić information content (AvgIpc) is 2.79. The molecule has 0 aliphatic rings.